The van der Waals surface area contributed by atoms with Gasteiger partial charge in [-0.2, -0.15) is 0 Å². The number of H-pyrrole nitrogens is 1. The average Bonchev–Trinajstić information content (AvgIpc) is 3.50. The number of nitrogens with zero attached hydrogens (tertiary/aromatic N) is 6. The maximum Gasteiger partial charge on any atom is 0.415 e. The number of piperidine rings is 1. The van der Waals surface area contributed by atoms with E-state index in [1.807, 2.05) is 12.1 Å². The van der Waals surface area contributed by atoms with Gasteiger partial charge in [-0.3, -0.25) is 4.79 Å². The van der Waals surface area contributed by atoms with Crippen molar-refractivity contribution in [3.05, 3.63) is 42.2 Å². The Kier molecular flexibility index (Phi) is 7.83. The molecular formula is C20H23N7O4S2. The van der Waals surface area contributed by atoms with Gasteiger partial charge in [-0.25, -0.2) is 14.5 Å². The van der Waals surface area contributed by atoms with Crippen LogP contribution in [0.5, 0.6) is 5.75 Å². The van der Waals surface area contributed by atoms with Crippen molar-refractivity contribution in [1.82, 2.24) is 35.1 Å². The van der Waals surface area contributed by atoms with Crippen molar-refractivity contribution in [1.29, 1.82) is 0 Å². The Labute approximate surface area is 198 Å². The largest absolute Gasteiger partial charge is 0.481 e. The molecule has 33 heavy (non-hydrogen) atoms. The molecule has 3 heterocycles. The summed E-state index contributed by atoms with van der Waals surface area (Å²) in [5.74, 6) is 0.392. The number of thioether (sulfide) groups is 2. The normalized spacial score (nSPS) is 14.4. The first-order valence-corrected chi connectivity index (χ1v) is 12.3. The number of carbonyl (C=O) groups is 2. The van der Waals surface area contributed by atoms with E-state index >= 15 is 0 Å². The number of rotatable bonds is 9. The third-order valence-electron chi connectivity index (χ3n) is 4.99. The number of amides is 1. The molecule has 0 aliphatic carbocycles. The molecule has 0 atom stereocenters. The number of imidazole rings is 1. The number of likely N-dealkylation sites (tertiary alicyclic amines) is 1. The van der Waals surface area contributed by atoms with Gasteiger partial charge in [0, 0.05) is 36.5 Å². The number of tetrazole rings is 1. The molecule has 1 aliphatic heterocycles. The summed E-state index contributed by atoms with van der Waals surface area (Å²) in [7, 11) is 0. The molecule has 2 aromatic heterocycles. The lowest BCUT2D eigenvalue weighted by molar-refractivity contribution is -0.137. The highest BCUT2D eigenvalue weighted by atomic mass is 32.2. The predicted molar refractivity (Wildman–Crippen MR) is 121 cm³/mol. The minimum atomic E-state index is -0.893. The molecule has 1 saturated heterocycles. The quantitative estimate of drug-likeness (QED) is 0.431. The van der Waals surface area contributed by atoms with E-state index in [-0.39, 0.29) is 24.3 Å². The van der Waals surface area contributed by atoms with Crippen LogP contribution in [-0.4, -0.2) is 70.6 Å². The molecule has 4 rings (SSSR count). The summed E-state index contributed by atoms with van der Waals surface area (Å²) in [5, 5.41) is 22.0. The first-order chi connectivity index (χ1) is 16.1. The molecule has 0 radical (unpaired) electrons. The number of carboxylic acids is 1. The topological polar surface area (TPSA) is 139 Å². The number of aryl methyl sites for hydroxylation is 1. The number of nitrogens with one attached hydrogen (secondary N) is 1. The van der Waals surface area contributed by atoms with Crippen LogP contribution < -0.4 is 4.74 Å². The minimum Gasteiger partial charge on any atom is -0.481 e. The molecule has 1 fully saturated rings. The third kappa shape index (κ3) is 6.71. The molecular weight excluding hydrogens is 466 g/mol. The van der Waals surface area contributed by atoms with E-state index in [4.69, 9.17) is 9.84 Å². The van der Waals surface area contributed by atoms with E-state index in [9.17, 15) is 9.59 Å². The third-order valence-corrected chi connectivity index (χ3v) is 7.27. The lowest BCUT2D eigenvalue weighted by Gasteiger charge is -2.30. The number of carboxylic acid groups (broad SMARTS) is 1. The zero-order valence-electron chi connectivity index (χ0n) is 17.7. The van der Waals surface area contributed by atoms with Gasteiger partial charge in [0.1, 0.15) is 5.75 Å². The van der Waals surface area contributed by atoms with Crippen LogP contribution in [0.4, 0.5) is 4.79 Å². The van der Waals surface area contributed by atoms with E-state index < -0.39 is 5.97 Å². The first-order valence-electron chi connectivity index (χ1n) is 10.4. The fourth-order valence-corrected chi connectivity index (χ4v) is 5.09. The van der Waals surface area contributed by atoms with Crippen LogP contribution >= 0.6 is 23.5 Å². The highest BCUT2D eigenvalue weighted by Gasteiger charge is 2.26. The van der Waals surface area contributed by atoms with Crippen molar-refractivity contribution >= 4 is 35.6 Å². The standard InChI is InChI=1S/C20H23N7O4S2/c28-17(29)7-12-27-19(23-24-25-27)33-16-5-10-26(11-6-16)20(30)31-15-3-1-14(2-4-15)13-32-18-21-8-9-22-18/h1-4,8-9,16H,5-7,10-13H2,(H,21,22)(H,28,29). The number of ether oxygens (including phenoxy) is 1. The number of aliphatic carboxylic acids is 1. The van der Waals surface area contributed by atoms with Crippen molar-refractivity contribution in [2.45, 2.75) is 47.1 Å². The number of hydrogen-bond donors (Lipinski definition) is 2. The lowest BCUT2D eigenvalue weighted by atomic mass is 10.1. The Morgan fingerprint density at radius 2 is 2.00 bits per heavy atom. The van der Waals surface area contributed by atoms with Crippen LogP contribution in [-0.2, 0) is 17.1 Å². The SMILES string of the molecule is O=C(O)CCn1nnnc1SC1CCN(C(=O)Oc2ccc(CSc3ncc[nH]3)cc2)CC1. The van der Waals surface area contributed by atoms with E-state index in [1.54, 1.807) is 41.2 Å². The Morgan fingerprint density at radius 1 is 1.21 bits per heavy atom. The molecule has 11 nitrogen and oxygen atoms in total. The van der Waals surface area contributed by atoms with E-state index in [1.165, 1.54) is 16.4 Å². The van der Waals surface area contributed by atoms with Gasteiger partial charge in [0.15, 0.2) is 5.16 Å². The first kappa shape index (κ1) is 23.1. The maximum absolute atomic E-state index is 12.5. The average molecular weight is 490 g/mol. The van der Waals surface area contributed by atoms with Crippen LogP contribution in [0.25, 0.3) is 0 Å². The van der Waals surface area contributed by atoms with E-state index in [0.717, 1.165) is 29.3 Å². The van der Waals surface area contributed by atoms with Crippen LogP contribution in [0.2, 0.25) is 0 Å². The Balaban J connectivity index is 1.21. The highest BCUT2D eigenvalue weighted by molar-refractivity contribution is 7.99. The minimum absolute atomic E-state index is 0.0350. The zero-order chi connectivity index (χ0) is 23.0. The van der Waals surface area contributed by atoms with Gasteiger partial charge in [0.25, 0.3) is 0 Å². The summed E-state index contributed by atoms with van der Waals surface area (Å²) in [4.78, 5) is 32.3. The molecule has 0 saturated carbocycles. The predicted octanol–water partition coefficient (Wildman–Crippen LogP) is 2.92. The summed E-state index contributed by atoms with van der Waals surface area (Å²) in [6.07, 6.45) is 4.66. The summed E-state index contributed by atoms with van der Waals surface area (Å²) in [6.45, 7) is 1.38. The number of hydrogen-bond acceptors (Lipinski definition) is 9. The second kappa shape index (κ2) is 11.2. The van der Waals surface area contributed by atoms with Crippen molar-refractivity contribution in [3.63, 3.8) is 0 Å². The van der Waals surface area contributed by atoms with Crippen LogP contribution in [0.15, 0.2) is 47.0 Å². The van der Waals surface area contributed by atoms with Gasteiger partial charge < -0.3 is 19.7 Å². The lowest BCUT2D eigenvalue weighted by Crippen LogP contribution is -2.41. The fraction of sp³-hybridized carbons (Fsp3) is 0.400. The molecule has 1 aliphatic rings. The Hall–Kier alpha value is -3.06. The molecule has 3 aromatic rings. The summed E-state index contributed by atoms with van der Waals surface area (Å²) in [6, 6.07) is 7.48. The monoisotopic (exact) mass is 489 g/mol. The number of carbonyl (C=O) groups excluding carboxylic acids is 1. The molecule has 1 amide bonds. The van der Waals surface area contributed by atoms with Crippen LogP contribution in [0, 0.1) is 0 Å². The molecule has 13 heteroatoms. The summed E-state index contributed by atoms with van der Waals surface area (Å²) in [5.41, 5.74) is 1.11. The Morgan fingerprint density at radius 3 is 2.70 bits per heavy atom. The number of benzene rings is 1. The van der Waals surface area contributed by atoms with Gasteiger partial charge >= 0.3 is 12.1 Å². The molecule has 0 spiro atoms. The smallest absolute Gasteiger partial charge is 0.415 e. The molecule has 0 bridgehead atoms. The summed E-state index contributed by atoms with van der Waals surface area (Å²) >= 11 is 3.12. The van der Waals surface area contributed by atoms with Crippen LogP contribution in [0.3, 0.4) is 0 Å². The van der Waals surface area contributed by atoms with Gasteiger partial charge in [0.2, 0.25) is 5.16 Å². The number of aromatic amines is 1. The second-order valence-electron chi connectivity index (χ2n) is 7.33. The second-order valence-corrected chi connectivity index (χ2v) is 9.56. The van der Waals surface area contributed by atoms with Gasteiger partial charge in [0.05, 0.1) is 13.0 Å². The Bertz CT molecular complexity index is 1050. The highest BCUT2D eigenvalue weighted by Crippen LogP contribution is 2.29. The summed E-state index contributed by atoms with van der Waals surface area (Å²) < 4.78 is 7.05. The molecule has 174 valence electrons. The van der Waals surface area contributed by atoms with Crippen LogP contribution in [0.1, 0.15) is 24.8 Å². The molecule has 2 N–H and O–H groups in total. The van der Waals surface area contributed by atoms with E-state index in [0.29, 0.717) is 24.0 Å². The fourth-order valence-electron chi connectivity index (χ4n) is 3.23. The zero-order valence-corrected chi connectivity index (χ0v) is 19.3. The van der Waals surface area contributed by atoms with Crippen molar-refractivity contribution in [3.8, 4) is 5.75 Å². The van der Waals surface area contributed by atoms with Crippen molar-refractivity contribution in [2.75, 3.05) is 13.1 Å². The van der Waals surface area contributed by atoms with Gasteiger partial charge in [-0.15, -0.1) is 5.10 Å². The van der Waals surface area contributed by atoms with Crippen molar-refractivity contribution < 1.29 is 19.4 Å². The van der Waals surface area contributed by atoms with Gasteiger partial charge in [-0.05, 0) is 41.0 Å². The number of aromatic nitrogens is 6. The molecule has 1 aromatic carbocycles. The molecule has 0 unspecified atom stereocenters. The van der Waals surface area contributed by atoms with Crippen molar-refractivity contribution in [2.24, 2.45) is 0 Å². The maximum atomic E-state index is 12.5. The van der Waals surface area contributed by atoms with E-state index in [2.05, 4.69) is 25.5 Å². The van der Waals surface area contributed by atoms with Gasteiger partial charge in [-0.1, -0.05) is 35.7 Å².